The average Bonchev–Trinajstić information content (AvgIpc) is 2.67. The van der Waals surface area contributed by atoms with Crippen molar-refractivity contribution < 1.29 is 40.9 Å². The van der Waals surface area contributed by atoms with E-state index in [4.69, 9.17) is 0 Å². The number of alkyl halides is 6. The Morgan fingerprint density at radius 2 is 1.61 bits per heavy atom. The summed E-state index contributed by atoms with van der Waals surface area (Å²) < 4.78 is 91.7. The molecule has 1 unspecified atom stereocenters. The van der Waals surface area contributed by atoms with Crippen molar-refractivity contribution in [3.05, 3.63) is 59.2 Å². The predicted octanol–water partition coefficient (Wildman–Crippen LogP) is 6.30. The maximum Gasteiger partial charge on any atom is 0.430 e. The van der Waals surface area contributed by atoms with Crippen molar-refractivity contribution in [3.63, 3.8) is 0 Å². The molecule has 0 aliphatic rings. The van der Waals surface area contributed by atoms with Crippen LogP contribution in [0.2, 0.25) is 0 Å². The molecule has 0 spiro atoms. The van der Waals surface area contributed by atoms with E-state index >= 15 is 0 Å². The van der Waals surface area contributed by atoms with E-state index in [1.165, 1.54) is 6.07 Å². The first-order valence-corrected chi connectivity index (χ1v) is 9.57. The average molecular weight is 450 g/mol. The second-order valence-electron chi connectivity index (χ2n) is 7.15. The zero-order valence-electron chi connectivity index (χ0n) is 17.3. The van der Waals surface area contributed by atoms with Crippen LogP contribution < -0.4 is 0 Å². The number of aryl methyl sites for hydroxylation is 1. The Labute approximate surface area is 176 Å². The van der Waals surface area contributed by atoms with E-state index in [0.717, 1.165) is 19.2 Å². The number of rotatable bonds is 8. The summed E-state index contributed by atoms with van der Waals surface area (Å²) in [7, 11) is 0.943. The first-order valence-electron chi connectivity index (χ1n) is 9.57. The van der Waals surface area contributed by atoms with Crippen LogP contribution in [0.25, 0.3) is 11.1 Å². The number of halogens is 6. The second-order valence-corrected chi connectivity index (χ2v) is 7.15. The Hall–Kier alpha value is -2.10. The van der Waals surface area contributed by atoms with E-state index < -0.39 is 36.4 Å². The summed E-state index contributed by atoms with van der Waals surface area (Å²) in [6, 6.07) is 9.58. The van der Waals surface area contributed by atoms with Gasteiger partial charge in [-0.15, -0.1) is 0 Å². The fourth-order valence-electron chi connectivity index (χ4n) is 3.42. The van der Waals surface area contributed by atoms with Crippen molar-refractivity contribution in [1.29, 1.82) is 0 Å². The highest BCUT2D eigenvalue weighted by Crippen LogP contribution is 2.53. The molecule has 0 aliphatic carbocycles. The zero-order valence-corrected chi connectivity index (χ0v) is 17.3. The molecule has 2 rings (SSSR count). The number of hydrogen-bond donors (Lipinski definition) is 1. The molecule has 0 saturated heterocycles. The molecular weight excluding hydrogens is 426 g/mol. The summed E-state index contributed by atoms with van der Waals surface area (Å²) in [5.74, 6) is 0. The largest absolute Gasteiger partial charge is 0.430 e. The van der Waals surface area contributed by atoms with Crippen molar-refractivity contribution in [2.75, 3.05) is 13.9 Å². The molecule has 1 N–H and O–H groups in total. The minimum atomic E-state index is -5.78. The number of aliphatic hydroxyl groups is 1. The maximum absolute atomic E-state index is 13.8. The van der Waals surface area contributed by atoms with Gasteiger partial charge in [0.1, 0.15) is 6.79 Å². The van der Waals surface area contributed by atoms with Crippen LogP contribution in [-0.4, -0.2) is 31.4 Å². The lowest BCUT2D eigenvalue weighted by Gasteiger charge is -2.37. The van der Waals surface area contributed by atoms with Gasteiger partial charge in [0, 0.05) is 12.7 Å². The molecule has 2 aromatic carbocycles. The van der Waals surface area contributed by atoms with Gasteiger partial charge in [0.15, 0.2) is 0 Å². The summed E-state index contributed by atoms with van der Waals surface area (Å²) in [6.45, 7) is 2.13. The highest BCUT2D eigenvalue weighted by atomic mass is 19.4. The third-order valence-corrected chi connectivity index (χ3v) is 4.90. The fraction of sp³-hybridized carbons (Fsp3) is 0.455. The molecule has 31 heavy (non-hydrogen) atoms. The topological polar surface area (TPSA) is 38.7 Å². The van der Waals surface area contributed by atoms with Gasteiger partial charge in [0.2, 0.25) is 0 Å². The summed E-state index contributed by atoms with van der Waals surface area (Å²) in [4.78, 5) is 0. The number of hydrogen-bond acceptors (Lipinski definition) is 3. The van der Waals surface area contributed by atoms with Gasteiger partial charge in [-0.05, 0) is 41.7 Å². The number of methoxy groups -OCH3 is 1. The van der Waals surface area contributed by atoms with Crippen LogP contribution in [0.5, 0.6) is 0 Å². The van der Waals surface area contributed by atoms with Crippen LogP contribution >= 0.6 is 0 Å². The molecule has 2 aromatic rings. The van der Waals surface area contributed by atoms with Crippen molar-refractivity contribution in [2.24, 2.45) is 0 Å². The lowest BCUT2D eigenvalue weighted by molar-refractivity contribution is -0.400. The van der Waals surface area contributed by atoms with Gasteiger partial charge in [-0.3, -0.25) is 0 Å². The molecule has 0 saturated carbocycles. The molecule has 0 radical (unpaired) electrons. The summed E-state index contributed by atoms with van der Waals surface area (Å²) in [5.41, 5.74) is -3.65. The highest BCUT2D eigenvalue weighted by molar-refractivity contribution is 5.69. The van der Waals surface area contributed by atoms with Crippen molar-refractivity contribution in [1.82, 2.24) is 0 Å². The quantitative estimate of drug-likeness (QED) is 0.379. The van der Waals surface area contributed by atoms with Crippen LogP contribution in [0, 0.1) is 0 Å². The minimum Gasteiger partial charge on any atom is -0.389 e. The first-order chi connectivity index (χ1) is 14.4. The SMILES string of the molecule is CCCc1cc(C(OCOC)(C(F)(F)F)C(F)(F)F)ccc1-c1cccc(C(C)O)c1. The minimum absolute atomic E-state index is 0.248. The lowest BCUT2D eigenvalue weighted by atomic mass is 9.86. The second kappa shape index (κ2) is 9.58. The molecule has 0 bridgehead atoms. The molecule has 0 aromatic heterocycles. The van der Waals surface area contributed by atoms with Crippen molar-refractivity contribution in [3.8, 4) is 11.1 Å². The molecule has 1 atom stereocenters. The van der Waals surface area contributed by atoms with Crippen LogP contribution in [-0.2, 0) is 21.5 Å². The molecule has 172 valence electrons. The summed E-state index contributed by atoms with van der Waals surface area (Å²) in [5, 5.41) is 9.80. The maximum atomic E-state index is 13.8. The molecular formula is C22H24F6O3. The van der Waals surface area contributed by atoms with E-state index in [2.05, 4.69) is 9.47 Å². The molecule has 3 nitrogen and oxygen atoms in total. The Morgan fingerprint density at radius 3 is 2.13 bits per heavy atom. The van der Waals surface area contributed by atoms with Crippen molar-refractivity contribution in [2.45, 2.75) is 50.7 Å². The van der Waals surface area contributed by atoms with Gasteiger partial charge in [0.05, 0.1) is 6.10 Å². The van der Waals surface area contributed by atoms with Gasteiger partial charge in [-0.2, -0.15) is 26.3 Å². The van der Waals surface area contributed by atoms with Crippen LogP contribution in [0.1, 0.15) is 43.1 Å². The number of aliphatic hydroxyl groups excluding tert-OH is 1. The monoisotopic (exact) mass is 450 g/mol. The Kier molecular flexibility index (Phi) is 7.78. The van der Waals surface area contributed by atoms with Gasteiger partial charge >= 0.3 is 12.4 Å². The predicted molar refractivity (Wildman–Crippen MR) is 103 cm³/mol. The molecule has 0 amide bonds. The van der Waals surface area contributed by atoms with E-state index in [-0.39, 0.29) is 6.42 Å². The molecule has 0 heterocycles. The van der Waals surface area contributed by atoms with Crippen LogP contribution in [0.4, 0.5) is 26.3 Å². The van der Waals surface area contributed by atoms with Crippen LogP contribution in [0.3, 0.4) is 0 Å². The van der Waals surface area contributed by atoms with E-state index in [1.807, 2.05) is 0 Å². The van der Waals surface area contributed by atoms with E-state index in [9.17, 15) is 31.4 Å². The number of ether oxygens (including phenoxy) is 2. The molecule has 0 fully saturated rings. The summed E-state index contributed by atoms with van der Waals surface area (Å²) >= 11 is 0. The zero-order chi connectivity index (χ0) is 23.4. The van der Waals surface area contributed by atoms with Crippen LogP contribution in [0.15, 0.2) is 42.5 Å². The Balaban J connectivity index is 2.73. The van der Waals surface area contributed by atoms with Gasteiger partial charge in [-0.25, -0.2) is 0 Å². The van der Waals surface area contributed by atoms with Gasteiger partial charge < -0.3 is 14.6 Å². The molecule has 9 heteroatoms. The van der Waals surface area contributed by atoms with Gasteiger partial charge in [-0.1, -0.05) is 49.7 Å². The third-order valence-electron chi connectivity index (χ3n) is 4.90. The highest BCUT2D eigenvalue weighted by Gasteiger charge is 2.73. The van der Waals surface area contributed by atoms with Gasteiger partial charge in [0.25, 0.3) is 5.60 Å². The first kappa shape index (κ1) is 25.2. The smallest absolute Gasteiger partial charge is 0.389 e. The molecule has 0 aliphatic heterocycles. The van der Waals surface area contributed by atoms with E-state index in [0.29, 0.717) is 28.7 Å². The van der Waals surface area contributed by atoms with Crippen molar-refractivity contribution >= 4 is 0 Å². The number of benzene rings is 2. The standard InChI is InChI=1S/C22H24F6O3/c1-4-6-16-12-18(20(21(23,24)25,22(26,27)28)31-13-30-3)9-10-19(16)17-8-5-7-15(11-17)14(2)29/h5,7-12,14,29H,4,6,13H2,1-3H3. The Bertz CT molecular complexity index is 860. The third kappa shape index (κ3) is 5.05. The summed E-state index contributed by atoms with van der Waals surface area (Å²) in [6.07, 6.45) is -11.6. The Morgan fingerprint density at radius 1 is 0.968 bits per heavy atom. The lowest BCUT2D eigenvalue weighted by Crippen LogP contribution is -2.56. The normalized spacial score (nSPS) is 14.0. The van der Waals surface area contributed by atoms with E-state index in [1.54, 1.807) is 38.1 Å². The fourth-order valence-corrected chi connectivity index (χ4v) is 3.42.